The third kappa shape index (κ3) is 5.91. The molecule has 6 nitrogen and oxygen atoms in total. The zero-order valence-electron chi connectivity index (χ0n) is 14.9. The van der Waals surface area contributed by atoms with Gasteiger partial charge in [-0.15, -0.1) is 0 Å². The largest absolute Gasteiger partial charge is 0.496 e. The molecule has 0 spiro atoms. The van der Waals surface area contributed by atoms with Gasteiger partial charge in [0.05, 0.1) is 20.3 Å². The molecule has 2 aromatic carbocycles. The molecule has 0 saturated carbocycles. The van der Waals surface area contributed by atoms with Crippen molar-refractivity contribution in [2.45, 2.75) is 20.0 Å². The topological polar surface area (TPSA) is 66.0 Å². The third-order valence-electron chi connectivity index (χ3n) is 3.20. The van der Waals surface area contributed by atoms with E-state index in [4.69, 9.17) is 18.9 Å². The van der Waals surface area contributed by atoms with Gasteiger partial charge in [-0.1, -0.05) is 0 Å². The average molecular weight is 345 g/mol. The first-order valence-electron chi connectivity index (χ1n) is 7.92. The number of ether oxygens (including phenoxy) is 4. The minimum absolute atomic E-state index is 0.105. The van der Waals surface area contributed by atoms with Gasteiger partial charge >= 0.3 is 0 Å². The van der Waals surface area contributed by atoms with Crippen LogP contribution in [-0.2, 0) is 4.79 Å². The number of methoxy groups -OCH3 is 2. The van der Waals surface area contributed by atoms with Crippen LogP contribution in [0.2, 0.25) is 0 Å². The van der Waals surface area contributed by atoms with Gasteiger partial charge in [-0.05, 0) is 38.1 Å². The van der Waals surface area contributed by atoms with Crippen LogP contribution >= 0.6 is 0 Å². The molecule has 134 valence electrons. The fraction of sp³-hybridized carbons (Fsp3) is 0.316. The summed E-state index contributed by atoms with van der Waals surface area (Å²) in [6.07, 6.45) is 0.105. The summed E-state index contributed by atoms with van der Waals surface area (Å²) < 4.78 is 21.4. The Balaban J connectivity index is 1.90. The maximum absolute atomic E-state index is 12.0. The molecule has 1 N–H and O–H groups in total. The Morgan fingerprint density at radius 2 is 1.48 bits per heavy atom. The van der Waals surface area contributed by atoms with Crippen molar-refractivity contribution in [2.75, 3.05) is 26.1 Å². The number of rotatable bonds is 8. The van der Waals surface area contributed by atoms with Crippen LogP contribution < -0.4 is 24.3 Å². The van der Waals surface area contributed by atoms with E-state index in [1.165, 1.54) is 0 Å². The fourth-order valence-corrected chi connectivity index (χ4v) is 2.10. The summed E-state index contributed by atoms with van der Waals surface area (Å²) in [6, 6.07) is 12.3. The van der Waals surface area contributed by atoms with Gasteiger partial charge in [-0.2, -0.15) is 0 Å². The van der Waals surface area contributed by atoms with Crippen LogP contribution in [0, 0.1) is 0 Å². The number of anilines is 1. The molecule has 0 fully saturated rings. The molecule has 0 saturated heterocycles. The Morgan fingerprint density at radius 3 is 2.00 bits per heavy atom. The Bertz CT molecular complexity index is 675. The van der Waals surface area contributed by atoms with Gasteiger partial charge in [0, 0.05) is 23.9 Å². The molecule has 0 heterocycles. The van der Waals surface area contributed by atoms with E-state index in [1.54, 1.807) is 44.6 Å². The van der Waals surface area contributed by atoms with E-state index < -0.39 is 0 Å². The van der Waals surface area contributed by atoms with Crippen LogP contribution in [-0.4, -0.2) is 32.8 Å². The smallest absolute Gasteiger partial charge is 0.262 e. The van der Waals surface area contributed by atoms with Crippen molar-refractivity contribution in [3.63, 3.8) is 0 Å². The lowest BCUT2D eigenvalue weighted by Crippen LogP contribution is -2.20. The van der Waals surface area contributed by atoms with Crippen LogP contribution in [0.15, 0.2) is 42.5 Å². The van der Waals surface area contributed by atoms with E-state index in [2.05, 4.69) is 5.32 Å². The molecule has 2 rings (SSSR count). The standard InChI is InChI=1S/C19H23NO5/c1-13(2)25-15-7-5-14(6-8-15)20-19(21)12-24-18-10-16(22-3)9-17(11-18)23-4/h5-11,13H,12H2,1-4H3,(H,20,21). The monoisotopic (exact) mass is 345 g/mol. The molecule has 0 atom stereocenters. The summed E-state index contributed by atoms with van der Waals surface area (Å²) in [5, 5.41) is 2.77. The quantitative estimate of drug-likeness (QED) is 0.793. The Labute approximate surface area is 147 Å². The lowest BCUT2D eigenvalue weighted by atomic mass is 10.3. The fourth-order valence-electron chi connectivity index (χ4n) is 2.10. The van der Waals surface area contributed by atoms with Gasteiger partial charge in [0.2, 0.25) is 0 Å². The lowest BCUT2D eigenvalue weighted by Gasteiger charge is -2.12. The van der Waals surface area contributed by atoms with E-state index in [0.717, 1.165) is 5.75 Å². The van der Waals surface area contributed by atoms with Gasteiger partial charge in [0.15, 0.2) is 6.61 Å². The first-order chi connectivity index (χ1) is 12.0. The summed E-state index contributed by atoms with van der Waals surface area (Å²) in [5.74, 6) is 2.17. The lowest BCUT2D eigenvalue weighted by molar-refractivity contribution is -0.118. The highest BCUT2D eigenvalue weighted by Crippen LogP contribution is 2.27. The molecule has 0 aliphatic heterocycles. The van der Waals surface area contributed by atoms with Crippen LogP contribution in [0.1, 0.15) is 13.8 Å². The van der Waals surface area contributed by atoms with E-state index in [-0.39, 0.29) is 18.6 Å². The summed E-state index contributed by atoms with van der Waals surface area (Å²) >= 11 is 0. The van der Waals surface area contributed by atoms with Crippen LogP contribution in [0.3, 0.4) is 0 Å². The van der Waals surface area contributed by atoms with Gasteiger partial charge in [0.25, 0.3) is 5.91 Å². The molecule has 1 amide bonds. The second kappa shape index (κ2) is 8.82. The van der Waals surface area contributed by atoms with E-state index >= 15 is 0 Å². The number of hydrogen-bond donors (Lipinski definition) is 1. The van der Waals surface area contributed by atoms with E-state index in [1.807, 2.05) is 26.0 Å². The van der Waals surface area contributed by atoms with Crippen molar-refractivity contribution < 1.29 is 23.7 Å². The predicted octanol–water partition coefficient (Wildman–Crippen LogP) is 3.51. The van der Waals surface area contributed by atoms with E-state index in [0.29, 0.717) is 22.9 Å². The van der Waals surface area contributed by atoms with Gasteiger partial charge < -0.3 is 24.3 Å². The van der Waals surface area contributed by atoms with Gasteiger partial charge in [-0.25, -0.2) is 0 Å². The van der Waals surface area contributed by atoms with Crippen LogP contribution in [0.4, 0.5) is 5.69 Å². The highest BCUT2D eigenvalue weighted by atomic mass is 16.5. The second-order valence-electron chi connectivity index (χ2n) is 5.58. The predicted molar refractivity (Wildman–Crippen MR) is 95.9 cm³/mol. The Hall–Kier alpha value is -2.89. The van der Waals surface area contributed by atoms with Crippen molar-refractivity contribution in [1.29, 1.82) is 0 Å². The molecule has 0 aliphatic carbocycles. The minimum atomic E-state index is -0.265. The number of nitrogens with one attached hydrogen (secondary N) is 1. The SMILES string of the molecule is COc1cc(OC)cc(OCC(=O)Nc2ccc(OC(C)C)cc2)c1. The Kier molecular flexibility index (Phi) is 6.51. The number of benzene rings is 2. The molecule has 6 heteroatoms. The average Bonchev–Trinajstić information content (AvgIpc) is 2.61. The molecular weight excluding hydrogens is 322 g/mol. The number of carbonyl (C=O) groups excluding carboxylic acids is 1. The van der Waals surface area contributed by atoms with Crippen molar-refractivity contribution in [1.82, 2.24) is 0 Å². The number of hydrogen-bond acceptors (Lipinski definition) is 5. The highest BCUT2D eigenvalue weighted by molar-refractivity contribution is 5.91. The van der Waals surface area contributed by atoms with Crippen LogP contribution in [0.25, 0.3) is 0 Å². The molecular formula is C19H23NO5. The first-order valence-corrected chi connectivity index (χ1v) is 7.92. The molecule has 25 heavy (non-hydrogen) atoms. The molecule has 0 radical (unpaired) electrons. The normalized spacial score (nSPS) is 10.3. The van der Waals surface area contributed by atoms with E-state index in [9.17, 15) is 4.79 Å². The molecule has 0 aliphatic rings. The van der Waals surface area contributed by atoms with Crippen molar-refractivity contribution >= 4 is 11.6 Å². The number of carbonyl (C=O) groups is 1. The summed E-state index contributed by atoms with van der Waals surface area (Å²) in [7, 11) is 3.11. The zero-order valence-corrected chi connectivity index (χ0v) is 14.9. The second-order valence-corrected chi connectivity index (χ2v) is 5.58. The first kappa shape index (κ1) is 18.4. The Morgan fingerprint density at radius 1 is 0.920 bits per heavy atom. The van der Waals surface area contributed by atoms with Gasteiger partial charge in [-0.3, -0.25) is 4.79 Å². The molecule has 0 aromatic heterocycles. The van der Waals surface area contributed by atoms with Crippen molar-refractivity contribution in [3.05, 3.63) is 42.5 Å². The van der Waals surface area contributed by atoms with Crippen molar-refractivity contribution in [3.8, 4) is 23.0 Å². The van der Waals surface area contributed by atoms with Crippen molar-refractivity contribution in [2.24, 2.45) is 0 Å². The maximum atomic E-state index is 12.0. The summed E-state index contributed by atoms with van der Waals surface area (Å²) in [5.41, 5.74) is 0.674. The van der Waals surface area contributed by atoms with Gasteiger partial charge in [0.1, 0.15) is 23.0 Å². The number of amides is 1. The molecule has 0 unspecified atom stereocenters. The highest BCUT2D eigenvalue weighted by Gasteiger charge is 2.07. The molecule has 2 aromatic rings. The van der Waals surface area contributed by atoms with Crippen LogP contribution in [0.5, 0.6) is 23.0 Å². The summed E-state index contributed by atoms with van der Waals surface area (Å²) in [4.78, 5) is 12.0. The zero-order chi connectivity index (χ0) is 18.2. The molecule has 0 bridgehead atoms. The summed E-state index contributed by atoms with van der Waals surface area (Å²) in [6.45, 7) is 3.79. The maximum Gasteiger partial charge on any atom is 0.262 e. The minimum Gasteiger partial charge on any atom is -0.496 e. The third-order valence-corrected chi connectivity index (χ3v) is 3.20.